The Balaban J connectivity index is 1.71. The van der Waals surface area contributed by atoms with E-state index in [1.807, 2.05) is 42.5 Å². The van der Waals surface area contributed by atoms with E-state index in [1.165, 1.54) is 4.63 Å². The summed E-state index contributed by atoms with van der Waals surface area (Å²) in [5.74, 6) is 0.705. The first-order valence-corrected chi connectivity index (χ1v) is 7.59. The third kappa shape index (κ3) is 2.47. The number of nitrogens with one attached hydrogen (secondary N) is 1. The Morgan fingerprint density at radius 1 is 1.04 bits per heavy atom. The molecule has 6 nitrogen and oxygen atoms in total. The summed E-state index contributed by atoms with van der Waals surface area (Å²) in [6.07, 6.45) is 0. The van der Waals surface area contributed by atoms with Gasteiger partial charge >= 0.3 is 0 Å². The van der Waals surface area contributed by atoms with E-state index < -0.39 is 0 Å². The smallest absolute Gasteiger partial charge is 0.200 e. The molecule has 0 bridgehead atoms. The molecule has 0 amide bonds. The Bertz CT molecular complexity index is 996. The van der Waals surface area contributed by atoms with Gasteiger partial charge in [-0.3, -0.25) is 0 Å². The molecule has 0 saturated carbocycles. The number of nitrogens with zero attached hydrogens (tertiary/aromatic N) is 5. The lowest BCUT2D eigenvalue weighted by molar-refractivity contribution is 0.728. The van der Waals surface area contributed by atoms with Crippen LogP contribution in [0.1, 0.15) is 18.5 Å². The van der Waals surface area contributed by atoms with Gasteiger partial charge in [-0.1, -0.05) is 41.9 Å². The fourth-order valence-electron chi connectivity index (χ4n) is 2.69. The van der Waals surface area contributed by atoms with Crippen LogP contribution in [0.15, 0.2) is 48.5 Å². The Morgan fingerprint density at radius 2 is 1.87 bits per heavy atom. The summed E-state index contributed by atoms with van der Waals surface area (Å²) in [6, 6.07) is 15.8. The third-order valence-electron chi connectivity index (χ3n) is 3.81. The molecule has 114 valence electrons. The van der Waals surface area contributed by atoms with Crippen LogP contribution in [0.3, 0.4) is 0 Å². The van der Waals surface area contributed by atoms with Crippen LogP contribution in [0.5, 0.6) is 0 Å². The average molecular weight is 325 g/mol. The Morgan fingerprint density at radius 3 is 2.74 bits per heavy atom. The van der Waals surface area contributed by atoms with Crippen molar-refractivity contribution in [3.8, 4) is 0 Å². The zero-order valence-electron chi connectivity index (χ0n) is 12.3. The molecular weight excluding hydrogens is 312 g/mol. The molecule has 4 aromatic rings. The SMILES string of the molecule is CC(Nc1ccc2nnnn2n1)c1ccc(Cl)c2ccccc12. The predicted octanol–water partition coefficient (Wildman–Crippen LogP) is 3.50. The maximum absolute atomic E-state index is 6.29. The molecule has 0 aliphatic rings. The summed E-state index contributed by atoms with van der Waals surface area (Å²) in [4.78, 5) is 0. The van der Waals surface area contributed by atoms with Crippen LogP contribution in [0.2, 0.25) is 5.02 Å². The van der Waals surface area contributed by atoms with Crippen molar-refractivity contribution in [3.05, 3.63) is 59.1 Å². The van der Waals surface area contributed by atoms with E-state index in [0.717, 1.165) is 21.4 Å². The lowest BCUT2D eigenvalue weighted by atomic mass is 9.99. The van der Waals surface area contributed by atoms with Crippen LogP contribution in [0.25, 0.3) is 16.4 Å². The molecule has 1 atom stereocenters. The summed E-state index contributed by atoms with van der Waals surface area (Å²) in [7, 11) is 0. The number of hydrogen-bond acceptors (Lipinski definition) is 5. The van der Waals surface area contributed by atoms with E-state index in [-0.39, 0.29) is 6.04 Å². The number of tetrazole rings is 1. The first kappa shape index (κ1) is 13.9. The van der Waals surface area contributed by atoms with Crippen molar-refractivity contribution in [1.29, 1.82) is 0 Å². The van der Waals surface area contributed by atoms with Crippen LogP contribution in [-0.2, 0) is 0 Å². The van der Waals surface area contributed by atoms with Gasteiger partial charge < -0.3 is 5.32 Å². The first-order chi connectivity index (χ1) is 11.2. The van der Waals surface area contributed by atoms with Crippen molar-refractivity contribution in [1.82, 2.24) is 25.3 Å². The minimum absolute atomic E-state index is 0.0543. The molecule has 0 radical (unpaired) electrons. The van der Waals surface area contributed by atoms with Crippen molar-refractivity contribution in [2.75, 3.05) is 5.32 Å². The average Bonchev–Trinajstić information content (AvgIpc) is 3.03. The van der Waals surface area contributed by atoms with Crippen LogP contribution in [0.4, 0.5) is 5.82 Å². The molecule has 0 aliphatic heterocycles. The molecule has 4 rings (SSSR count). The van der Waals surface area contributed by atoms with Gasteiger partial charge in [-0.05, 0) is 46.5 Å². The molecule has 1 unspecified atom stereocenters. The second-order valence-corrected chi connectivity index (χ2v) is 5.70. The zero-order chi connectivity index (χ0) is 15.8. The number of aromatic nitrogens is 5. The molecule has 0 aliphatic carbocycles. The van der Waals surface area contributed by atoms with Gasteiger partial charge in [-0.2, -0.15) is 0 Å². The quantitative estimate of drug-likeness (QED) is 0.624. The third-order valence-corrected chi connectivity index (χ3v) is 4.13. The van der Waals surface area contributed by atoms with Crippen molar-refractivity contribution >= 4 is 33.8 Å². The fourth-order valence-corrected chi connectivity index (χ4v) is 2.92. The van der Waals surface area contributed by atoms with Gasteiger partial charge in [0.2, 0.25) is 0 Å². The van der Waals surface area contributed by atoms with Crippen LogP contribution >= 0.6 is 11.6 Å². The van der Waals surface area contributed by atoms with Gasteiger partial charge in [0.1, 0.15) is 5.82 Å². The van der Waals surface area contributed by atoms with E-state index in [9.17, 15) is 0 Å². The lowest BCUT2D eigenvalue weighted by Gasteiger charge is -2.17. The maximum atomic E-state index is 6.29. The topological polar surface area (TPSA) is 68.0 Å². The van der Waals surface area contributed by atoms with E-state index in [1.54, 1.807) is 0 Å². The highest BCUT2D eigenvalue weighted by Crippen LogP contribution is 2.31. The summed E-state index contributed by atoms with van der Waals surface area (Å²) >= 11 is 6.29. The molecule has 0 saturated heterocycles. The Kier molecular flexibility index (Phi) is 3.31. The first-order valence-electron chi connectivity index (χ1n) is 7.21. The van der Waals surface area contributed by atoms with E-state index in [4.69, 9.17) is 11.6 Å². The standard InChI is InChI=1S/C16H13ClN6/c1-10(18-15-8-9-16-19-21-22-23(16)20-15)11-6-7-14(17)13-5-3-2-4-12(11)13/h2-10H,1H3,(H,18,20). The number of benzene rings is 2. The summed E-state index contributed by atoms with van der Waals surface area (Å²) in [5, 5.41) is 21.9. The highest BCUT2D eigenvalue weighted by atomic mass is 35.5. The summed E-state index contributed by atoms with van der Waals surface area (Å²) < 4.78 is 1.40. The highest BCUT2D eigenvalue weighted by Gasteiger charge is 2.12. The van der Waals surface area contributed by atoms with E-state index in [0.29, 0.717) is 11.5 Å². The fraction of sp³-hybridized carbons (Fsp3) is 0.125. The maximum Gasteiger partial charge on any atom is 0.200 e. The van der Waals surface area contributed by atoms with Crippen molar-refractivity contribution in [2.45, 2.75) is 13.0 Å². The van der Waals surface area contributed by atoms with Crippen molar-refractivity contribution in [3.63, 3.8) is 0 Å². The van der Waals surface area contributed by atoms with E-state index in [2.05, 4.69) is 38.9 Å². The lowest BCUT2D eigenvalue weighted by Crippen LogP contribution is -2.10. The van der Waals surface area contributed by atoms with Crippen LogP contribution < -0.4 is 5.32 Å². The molecule has 2 aromatic heterocycles. The van der Waals surface area contributed by atoms with E-state index >= 15 is 0 Å². The van der Waals surface area contributed by atoms with Gasteiger partial charge in [0.25, 0.3) is 0 Å². The number of hydrogen-bond donors (Lipinski definition) is 1. The summed E-state index contributed by atoms with van der Waals surface area (Å²) in [5.41, 5.74) is 1.77. The second kappa shape index (κ2) is 5.48. The number of rotatable bonds is 3. The molecule has 23 heavy (non-hydrogen) atoms. The molecule has 7 heteroatoms. The predicted molar refractivity (Wildman–Crippen MR) is 89.6 cm³/mol. The van der Waals surface area contributed by atoms with Gasteiger partial charge in [-0.25, -0.2) is 0 Å². The minimum atomic E-state index is 0.0543. The number of halogens is 1. The number of anilines is 1. The zero-order valence-corrected chi connectivity index (χ0v) is 13.1. The number of fused-ring (bicyclic) bond motifs is 2. The monoisotopic (exact) mass is 324 g/mol. The molecule has 0 spiro atoms. The Hall–Kier alpha value is -2.73. The normalized spacial score (nSPS) is 12.6. The van der Waals surface area contributed by atoms with Gasteiger partial charge in [0, 0.05) is 10.4 Å². The van der Waals surface area contributed by atoms with Gasteiger partial charge in [0.15, 0.2) is 5.65 Å². The molecule has 2 aromatic carbocycles. The molecule has 0 fully saturated rings. The minimum Gasteiger partial charge on any atom is -0.362 e. The van der Waals surface area contributed by atoms with Crippen molar-refractivity contribution < 1.29 is 0 Å². The largest absolute Gasteiger partial charge is 0.362 e. The highest BCUT2D eigenvalue weighted by molar-refractivity contribution is 6.35. The summed E-state index contributed by atoms with van der Waals surface area (Å²) in [6.45, 7) is 2.08. The molecule has 2 heterocycles. The van der Waals surface area contributed by atoms with Crippen LogP contribution in [-0.4, -0.2) is 25.3 Å². The molecule has 1 N–H and O–H groups in total. The van der Waals surface area contributed by atoms with Gasteiger partial charge in [-0.15, -0.1) is 14.8 Å². The Labute approximate surface area is 137 Å². The molecular formula is C16H13ClN6. The van der Waals surface area contributed by atoms with Gasteiger partial charge in [0.05, 0.1) is 6.04 Å². The van der Waals surface area contributed by atoms with Crippen LogP contribution in [0, 0.1) is 0 Å². The van der Waals surface area contributed by atoms with Crippen molar-refractivity contribution in [2.24, 2.45) is 0 Å². The second-order valence-electron chi connectivity index (χ2n) is 5.29.